The van der Waals surface area contributed by atoms with Crippen molar-refractivity contribution in [1.82, 2.24) is 10.3 Å². The zero-order valence-corrected chi connectivity index (χ0v) is 12.4. The van der Waals surface area contributed by atoms with Crippen molar-refractivity contribution in [2.75, 3.05) is 18.5 Å². The summed E-state index contributed by atoms with van der Waals surface area (Å²) in [5, 5.41) is 3.26. The Morgan fingerprint density at radius 1 is 1.35 bits per heavy atom. The van der Waals surface area contributed by atoms with E-state index in [0.717, 1.165) is 16.9 Å². The second-order valence-electron chi connectivity index (χ2n) is 5.28. The number of alkyl halides is 3. The summed E-state index contributed by atoms with van der Waals surface area (Å²) in [5.41, 5.74) is 2.51. The molecule has 1 rings (SSSR count). The van der Waals surface area contributed by atoms with Crippen LogP contribution in [0.1, 0.15) is 31.5 Å². The number of rotatable bonds is 6. The number of halogens is 3. The van der Waals surface area contributed by atoms with E-state index >= 15 is 0 Å². The van der Waals surface area contributed by atoms with Crippen LogP contribution in [0.4, 0.5) is 18.9 Å². The quantitative estimate of drug-likeness (QED) is 0.871. The average molecular weight is 289 g/mol. The molecule has 0 radical (unpaired) electrons. The van der Waals surface area contributed by atoms with Crippen LogP contribution in [0, 0.1) is 6.92 Å². The molecule has 1 heterocycles. The lowest BCUT2D eigenvalue weighted by Crippen LogP contribution is -2.27. The molecule has 0 spiro atoms. The van der Waals surface area contributed by atoms with Crippen LogP contribution in [0.5, 0.6) is 0 Å². The molecule has 0 aliphatic heterocycles. The van der Waals surface area contributed by atoms with E-state index in [0.29, 0.717) is 12.6 Å². The summed E-state index contributed by atoms with van der Waals surface area (Å²) >= 11 is 0. The van der Waals surface area contributed by atoms with Gasteiger partial charge in [0.1, 0.15) is 0 Å². The lowest BCUT2D eigenvalue weighted by atomic mass is 10.1. The van der Waals surface area contributed by atoms with Crippen molar-refractivity contribution in [3.8, 4) is 0 Å². The van der Waals surface area contributed by atoms with Crippen molar-refractivity contribution in [1.29, 1.82) is 0 Å². The molecule has 0 aromatic carbocycles. The molecule has 0 amide bonds. The fraction of sp³-hybridized carbons (Fsp3) is 0.643. The van der Waals surface area contributed by atoms with E-state index in [2.05, 4.69) is 10.3 Å². The molecule has 0 saturated carbocycles. The van der Waals surface area contributed by atoms with Gasteiger partial charge < -0.3 is 10.2 Å². The summed E-state index contributed by atoms with van der Waals surface area (Å²) in [6.45, 7) is 6.42. The maximum Gasteiger partial charge on any atom is 0.390 e. The van der Waals surface area contributed by atoms with Gasteiger partial charge in [0.2, 0.25) is 0 Å². The van der Waals surface area contributed by atoms with E-state index in [1.807, 2.05) is 26.8 Å². The highest BCUT2D eigenvalue weighted by atomic mass is 19.4. The van der Waals surface area contributed by atoms with E-state index in [-0.39, 0.29) is 6.54 Å². The molecular formula is C14H22F3N3. The first-order valence-electron chi connectivity index (χ1n) is 6.66. The fourth-order valence-electron chi connectivity index (χ4n) is 1.79. The molecular weight excluding hydrogens is 267 g/mol. The summed E-state index contributed by atoms with van der Waals surface area (Å²) in [5.74, 6) is 0. The van der Waals surface area contributed by atoms with Crippen molar-refractivity contribution in [3.63, 3.8) is 0 Å². The van der Waals surface area contributed by atoms with Crippen molar-refractivity contribution < 1.29 is 13.2 Å². The van der Waals surface area contributed by atoms with Crippen LogP contribution >= 0.6 is 0 Å². The second kappa shape index (κ2) is 6.92. The van der Waals surface area contributed by atoms with Crippen molar-refractivity contribution in [2.24, 2.45) is 0 Å². The highest BCUT2D eigenvalue weighted by molar-refractivity contribution is 5.53. The number of nitrogens with zero attached hydrogens (tertiary/aromatic N) is 2. The number of anilines is 1. The largest absolute Gasteiger partial charge is 0.390 e. The Hall–Kier alpha value is -1.30. The standard InChI is InChI=1S/C14H22F3N3/c1-10(2)18-8-12-9-19-11(3)7-13(12)20(4)6-5-14(15,16)17/h7,9-10,18H,5-6,8H2,1-4H3. The van der Waals surface area contributed by atoms with E-state index in [9.17, 15) is 13.2 Å². The molecule has 20 heavy (non-hydrogen) atoms. The summed E-state index contributed by atoms with van der Waals surface area (Å²) in [4.78, 5) is 5.86. The summed E-state index contributed by atoms with van der Waals surface area (Å²) in [7, 11) is 1.68. The Bertz CT molecular complexity index is 430. The van der Waals surface area contributed by atoms with E-state index < -0.39 is 12.6 Å². The van der Waals surface area contributed by atoms with E-state index in [1.165, 1.54) is 0 Å². The summed E-state index contributed by atoms with van der Waals surface area (Å²) < 4.78 is 36.9. The van der Waals surface area contributed by atoms with Crippen LogP contribution in [-0.4, -0.2) is 30.8 Å². The van der Waals surface area contributed by atoms with Gasteiger partial charge >= 0.3 is 6.18 Å². The molecule has 1 N–H and O–H groups in total. The first kappa shape index (κ1) is 16.8. The van der Waals surface area contributed by atoms with E-state index in [4.69, 9.17) is 0 Å². The molecule has 0 unspecified atom stereocenters. The topological polar surface area (TPSA) is 28.2 Å². The highest BCUT2D eigenvalue weighted by Crippen LogP contribution is 2.24. The van der Waals surface area contributed by atoms with Gasteiger partial charge in [-0.2, -0.15) is 13.2 Å². The SMILES string of the molecule is Cc1cc(N(C)CCC(F)(F)F)c(CNC(C)C)cn1. The molecule has 0 atom stereocenters. The Labute approximate surface area is 118 Å². The lowest BCUT2D eigenvalue weighted by Gasteiger charge is -2.24. The molecule has 114 valence electrons. The first-order valence-corrected chi connectivity index (χ1v) is 6.66. The third-order valence-corrected chi connectivity index (χ3v) is 2.94. The number of hydrogen-bond donors (Lipinski definition) is 1. The van der Waals surface area contributed by atoms with Crippen LogP contribution in [-0.2, 0) is 6.54 Å². The van der Waals surface area contributed by atoms with Crippen molar-refractivity contribution in [2.45, 2.75) is 46.0 Å². The van der Waals surface area contributed by atoms with Crippen LogP contribution in [0.2, 0.25) is 0 Å². The van der Waals surface area contributed by atoms with Gasteiger partial charge in [-0.1, -0.05) is 13.8 Å². The molecule has 0 aliphatic carbocycles. The third kappa shape index (κ3) is 5.77. The zero-order valence-electron chi connectivity index (χ0n) is 12.4. The van der Waals surface area contributed by atoms with E-state index in [1.54, 1.807) is 18.1 Å². The predicted octanol–water partition coefficient (Wildman–Crippen LogP) is 3.28. The Morgan fingerprint density at radius 3 is 2.55 bits per heavy atom. The van der Waals surface area contributed by atoms with Gasteiger partial charge in [0, 0.05) is 49.3 Å². The van der Waals surface area contributed by atoms with Crippen LogP contribution in [0.15, 0.2) is 12.3 Å². The number of nitrogens with one attached hydrogen (secondary N) is 1. The van der Waals surface area contributed by atoms with Crippen molar-refractivity contribution >= 4 is 5.69 Å². The van der Waals surface area contributed by atoms with Crippen LogP contribution in [0.25, 0.3) is 0 Å². The van der Waals surface area contributed by atoms with Gasteiger partial charge in [-0.05, 0) is 13.0 Å². The van der Waals surface area contributed by atoms with Gasteiger partial charge in [0.25, 0.3) is 0 Å². The molecule has 6 heteroatoms. The minimum atomic E-state index is -4.13. The summed E-state index contributed by atoms with van der Waals surface area (Å²) in [6.07, 6.45) is -3.22. The summed E-state index contributed by atoms with van der Waals surface area (Å²) in [6, 6.07) is 2.14. The van der Waals surface area contributed by atoms with Crippen LogP contribution in [0.3, 0.4) is 0 Å². The number of aryl methyl sites for hydroxylation is 1. The van der Waals surface area contributed by atoms with Gasteiger partial charge in [0.05, 0.1) is 6.42 Å². The predicted molar refractivity (Wildman–Crippen MR) is 74.9 cm³/mol. The van der Waals surface area contributed by atoms with Crippen LogP contribution < -0.4 is 10.2 Å². The molecule has 0 saturated heterocycles. The molecule has 3 nitrogen and oxygen atoms in total. The Morgan fingerprint density at radius 2 is 2.00 bits per heavy atom. The minimum Gasteiger partial charge on any atom is -0.374 e. The third-order valence-electron chi connectivity index (χ3n) is 2.94. The average Bonchev–Trinajstić information content (AvgIpc) is 2.33. The normalized spacial score (nSPS) is 12.0. The van der Waals surface area contributed by atoms with Gasteiger partial charge in [-0.25, -0.2) is 0 Å². The maximum absolute atomic E-state index is 12.3. The number of pyridine rings is 1. The second-order valence-corrected chi connectivity index (χ2v) is 5.28. The monoisotopic (exact) mass is 289 g/mol. The van der Waals surface area contributed by atoms with Crippen molar-refractivity contribution in [3.05, 3.63) is 23.5 Å². The molecule has 0 fully saturated rings. The maximum atomic E-state index is 12.3. The molecule has 0 bridgehead atoms. The lowest BCUT2D eigenvalue weighted by molar-refractivity contribution is -0.132. The fourth-order valence-corrected chi connectivity index (χ4v) is 1.79. The number of hydrogen-bond acceptors (Lipinski definition) is 3. The Kier molecular flexibility index (Phi) is 5.80. The zero-order chi connectivity index (χ0) is 15.3. The van der Waals surface area contributed by atoms with Gasteiger partial charge in [-0.15, -0.1) is 0 Å². The highest BCUT2D eigenvalue weighted by Gasteiger charge is 2.27. The van der Waals surface area contributed by atoms with Gasteiger partial charge in [0.15, 0.2) is 0 Å². The first-order chi connectivity index (χ1) is 9.19. The minimum absolute atomic E-state index is 0.0539. The Balaban J connectivity index is 2.82. The molecule has 1 aromatic heterocycles. The van der Waals surface area contributed by atoms with Gasteiger partial charge in [-0.3, -0.25) is 4.98 Å². The smallest absolute Gasteiger partial charge is 0.374 e. The number of aromatic nitrogens is 1. The molecule has 1 aromatic rings. The molecule has 0 aliphatic rings.